The highest BCUT2D eigenvalue weighted by molar-refractivity contribution is 8.01. The number of carbonyl (C=O) groups excluding carboxylic acids is 2. The van der Waals surface area contributed by atoms with Crippen molar-refractivity contribution in [1.82, 2.24) is 30.4 Å². The van der Waals surface area contributed by atoms with E-state index in [0.29, 0.717) is 10.5 Å². The summed E-state index contributed by atoms with van der Waals surface area (Å²) >= 11 is 3.35. The van der Waals surface area contributed by atoms with Gasteiger partial charge in [-0.1, -0.05) is 17.8 Å². The Morgan fingerprint density at radius 1 is 1.26 bits per heavy atom. The molecule has 184 valence electrons. The van der Waals surface area contributed by atoms with Crippen molar-refractivity contribution in [3.05, 3.63) is 33.7 Å². The summed E-state index contributed by atoms with van der Waals surface area (Å²) in [6.45, 7) is -0.466. The molecule has 4 N–H and O–H groups in total. The lowest BCUT2D eigenvalue weighted by Gasteiger charge is -2.49. The number of thiophene rings is 1. The molecule has 14 nitrogen and oxygen atoms in total. The van der Waals surface area contributed by atoms with Gasteiger partial charge in [0, 0.05) is 16.4 Å². The largest absolute Gasteiger partial charge is 0.480 e. The summed E-state index contributed by atoms with van der Waals surface area (Å²) in [6.07, 6.45) is 0. The minimum Gasteiger partial charge on any atom is -0.480 e. The van der Waals surface area contributed by atoms with Gasteiger partial charge in [-0.15, -0.1) is 28.2 Å². The molecule has 2 aromatic heterocycles. The van der Waals surface area contributed by atoms with Crippen LogP contribution in [0.25, 0.3) is 0 Å². The first kappa shape index (κ1) is 24.7. The third-order valence-corrected chi connectivity index (χ3v) is 8.36. The molecule has 2 unspecified atom stereocenters. The number of thioether (sulfide) groups is 2. The molecule has 4 rings (SSSR count). The summed E-state index contributed by atoms with van der Waals surface area (Å²) in [5.74, 6) is -6.55. The number of β-lactam (4-membered cyclic amide) rings is 1. The van der Waals surface area contributed by atoms with Gasteiger partial charge in [-0.25, -0.2) is 9.48 Å². The number of carboxylic acids is 3. The summed E-state index contributed by atoms with van der Waals surface area (Å²) < 4.78 is 1.06. The zero-order valence-electron chi connectivity index (χ0n) is 17.4. The van der Waals surface area contributed by atoms with Crippen LogP contribution in [0.4, 0.5) is 0 Å². The summed E-state index contributed by atoms with van der Waals surface area (Å²) in [5, 5.41) is 42.5. The quantitative estimate of drug-likeness (QED) is 0.171. The fourth-order valence-electron chi connectivity index (χ4n) is 3.53. The first-order valence-electron chi connectivity index (χ1n) is 9.76. The molecule has 0 aliphatic carbocycles. The van der Waals surface area contributed by atoms with Crippen molar-refractivity contribution < 1.29 is 39.3 Å². The van der Waals surface area contributed by atoms with Gasteiger partial charge >= 0.3 is 17.9 Å². The maximum atomic E-state index is 12.8. The standard InChI is InChI=1S/C18H16N6O8S3/c25-9(26)4-23-18(20-21-22-23)35-6-7-5-34-15-11(14(28)24(15)12(7)17(31)32)19-13(27)10(16(29)30)8-2-1-3-33-8/h1-3,10-11,15H,4-6H2,(H,19,27)(H,25,26)(H,29,30)(H,31,32)/t10?,11?,15-/m1/s1. The van der Waals surface area contributed by atoms with Crippen LogP contribution >= 0.6 is 34.9 Å². The lowest BCUT2D eigenvalue weighted by atomic mass is 10.0. The summed E-state index contributed by atoms with van der Waals surface area (Å²) in [7, 11) is 0. The van der Waals surface area contributed by atoms with Gasteiger partial charge in [-0.2, -0.15) is 0 Å². The molecule has 0 bridgehead atoms. The maximum absolute atomic E-state index is 12.8. The number of carbonyl (C=O) groups is 5. The van der Waals surface area contributed by atoms with E-state index < -0.39 is 53.6 Å². The van der Waals surface area contributed by atoms with Gasteiger partial charge in [0.1, 0.15) is 23.7 Å². The van der Waals surface area contributed by atoms with Crippen molar-refractivity contribution in [2.75, 3.05) is 11.5 Å². The van der Waals surface area contributed by atoms with Gasteiger partial charge in [-0.3, -0.25) is 24.1 Å². The number of aromatic nitrogens is 4. The number of amides is 2. The van der Waals surface area contributed by atoms with Gasteiger partial charge in [0.25, 0.3) is 5.91 Å². The Morgan fingerprint density at radius 2 is 2.03 bits per heavy atom. The number of hydrogen-bond donors (Lipinski definition) is 4. The Balaban J connectivity index is 1.48. The first-order valence-corrected chi connectivity index (χ1v) is 12.7. The smallest absolute Gasteiger partial charge is 0.352 e. The van der Waals surface area contributed by atoms with E-state index in [2.05, 4.69) is 20.8 Å². The highest BCUT2D eigenvalue weighted by Gasteiger charge is 2.54. The van der Waals surface area contributed by atoms with Gasteiger partial charge < -0.3 is 20.6 Å². The van der Waals surface area contributed by atoms with Crippen LogP contribution in [0, 0.1) is 0 Å². The average molecular weight is 541 g/mol. The van der Waals surface area contributed by atoms with Crippen molar-refractivity contribution in [3.63, 3.8) is 0 Å². The number of fused-ring (bicyclic) bond motifs is 1. The van der Waals surface area contributed by atoms with Crippen molar-refractivity contribution in [1.29, 1.82) is 0 Å². The SMILES string of the molecule is O=C(O)Cn1nnnc1SCC1=C(C(=O)O)N2C(=O)C(NC(=O)C(C(=O)O)c3cccs3)[C@H]2SC1. The Kier molecular flexibility index (Phi) is 7.08. The molecular weight excluding hydrogens is 524 g/mol. The van der Waals surface area contributed by atoms with Crippen molar-refractivity contribution in [3.8, 4) is 0 Å². The van der Waals surface area contributed by atoms with Gasteiger partial charge in [0.05, 0.1) is 0 Å². The Labute approximate surface area is 208 Å². The molecule has 1 saturated heterocycles. The van der Waals surface area contributed by atoms with Crippen molar-refractivity contribution >= 4 is 64.6 Å². The highest BCUT2D eigenvalue weighted by Crippen LogP contribution is 2.41. The van der Waals surface area contributed by atoms with Crippen LogP contribution in [0.2, 0.25) is 0 Å². The zero-order chi connectivity index (χ0) is 25.3. The van der Waals surface area contributed by atoms with Gasteiger partial charge in [-0.05, 0) is 27.4 Å². The topological polar surface area (TPSA) is 205 Å². The Morgan fingerprint density at radius 3 is 2.66 bits per heavy atom. The Bertz CT molecular complexity index is 1230. The Hall–Kier alpha value is -3.44. The number of tetrazole rings is 1. The molecule has 3 atom stereocenters. The van der Waals surface area contributed by atoms with E-state index in [1.165, 1.54) is 17.8 Å². The molecule has 4 heterocycles. The van der Waals surface area contributed by atoms with E-state index in [1.807, 2.05) is 0 Å². The summed E-state index contributed by atoms with van der Waals surface area (Å²) in [4.78, 5) is 61.4. The normalized spacial score (nSPS) is 20.1. The molecule has 35 heavy (non-hydrogen) atoms. The maximum Gasteiger partial charge on any atom is 0.352 e. The molecule has 2 amide bonds. The van der Waals surface area contributed by atoms with E-state index >= 15 is 0 Å². The predicted octanol–water partition coefficient (Wildman–Crippen LogP) is -0.482. The lowest BCUT2D eigenvalue weighted by molar-refractivity contribution is -0.152. The molecule has 1 fully saturated rings. The second-order valence-corrected chi connectivity index (χ2v) is 10.3. The van der Waals surface area contributed by atoms with E-state index in [9.17, 15) is 34.2 Å². The number of aliphatic carboxylic acids is 3. The second-order valence-electron chi connectivity index (χ2n) is 7.24. The van der Waals surface area contributed by atoms with Crippen molar-refractivity contribution in [2.24, 2.45) is 0 Å². The first-order chi connectivity index (χ1) is 16.7. The molecule has 0 saturated carbocycles. The summed E-state index contributed by atoms with van der Waals surface area (Å²) in [5.41, 5.74) is 0.163. The average Bonchev–Trinajstić information content (AvgIpc) is 3.47. The van der Waals surface area contributed by atoms with Crippen LogP contribution in [-0.2, 0) is 30.5 Å². The monoisotopic (exact) mass is 540 g/mol. The van der Waals surface area contributed by atoms with Gasteiger partial charge in [0.15, 0.2) is 5.92 Å². The lowest BCUT2D eigenvalue weighted by Crippen LogP contribution is -2.71. The van der Waals surface area contributed by atoms with Crippen molar-refractivity contribution in [2.45, 2.75) is 29.0 Å². The molecular formula is C18H16N6O8S3. The number of rotatable bonds is 10. The van der Waals surface area contributed by atoms with Crippen LogP contribution in [-0.4, -0.2) is 93.1 Å². The fraction of sp³-hybridized carbons (Fsp3) is 0.333. The van der Waals surface area contributed by atoms with E-state index in [4.69, 9.17) is 5.11 Å². The fourth-order valence-corrected chi connectivity index (χ4v) is 6.71. The van der Waals surface area contributed by atoms with Crippen LogP contribution < -0.4 is 5.32 Å². The molecule has 0 spiro atoms. The van der Waals surface area contributed by atoms with Gasteiger partial charge in [0.2, 0.25) is 11.1 Å². The van der Waals surface area contributed by atoms with E-state index in [1.54, 1.807) is 11.4 Å². The van der Waals surface area contributed by atoms with Crippen LogP contribution in [0.3, 0.4) is 0 Å². The molecule has 0 aromatic carbocycles. The number of nitrogens with zero attached hydrogens (tertiary/aromatic N) is 5. The molecule has 0 radical (unpaired) electrons. The second kappa shape index (κ2) is 10.0. The molecule has 2 aliphatic heterocycles. The third-order valence-electron chi connectivity index (χ3n) is 5.04. The minimum atomic E-state index is -1.48. The highest BCUT2D eigenvalue weighted by atomic mass is 32.2. The zero-order valence-corrected chi connectivity index (χ0v) is 19.9. The molecule has 2 aliphatic rings. The number of carboxylic acid groups (broad SMARTS) is 3. The summed E-state index contributed by atoms with van der Waals surface area (Å²) in [6, 6.07) is 2.05. The van der Waals surface area contributed by atoms with E-state index in [-0.39, 0.29) is 22.4 Å². The van der Waals surface area contributed by atoms with Crippen LogP contribution in [0.5, 0.6) is 0 Å². The van der Waals surface area contributed by atoms with E-state index in [0.717, 1.165) is 32.7 Å². The number of hydrogen-bond acceptors (Lipinski definition) is 11. The molecule has 17 heteroatoms. The third kappa shape index (κ3) is 4.87. The number of nitrogens with one attached hydrogen (secondary N) is 1. The predicted molar refractivity (Wildman–Crippen MR) is 121 cm³/mol. The van der Waals surface area contributed by atoms with Crippen LogP contribution in [0.1, 0.15) is 10.8 Å². The minimum absolute atomic E-state index is 0.0849. The molecule has 2 aromatic rings. The van der Waals surface area contributed by atoms with Crippen LogP contribution in [0.15, 0.2) is 33.9 Å².